The number of hydrogen-bond acceptors (Lipinski definition) is 5. The van der Waals surface area contributed by atoms with Crippen molar-refractivity contribution in [3.05, 3.63) is 52.8 Å². The Balaban J connectivity index is 1.39. The zero-order valence-corrected chi connectivity index (χ0v) is 18.2. The van der Waals surface area contributed by atoms with Gasteiger partial charge in [-0.15, -0.1) is 11.8 Å². The SMILES string of the molecule is CC(=C1C(=O)Nc2ccc(CN3CCSC3)cc21)c1cc(CN2CCOCC2)c[nH]1. The molecule has 2 saturated heterocycles. The molecular formula is C23H28N4O2S. The van der Waals surface area contributed by atoms with Crippen LogP contribution in [0.5, 0.6) is 0 Å². The largest absolute Gasteiger partial charge is 0.379 e. The molecular weight excluding hydrogens is 396 g/mol. The molecule has 0 aliphatic carbocycles. The van der Waals surface area contributed by atoms with Gasteiger partial charge in [-0.3, -0.25) is 14.6 Å². The van der Waals surface area contributed by atoms with Crippen LogP contribution in [0.15, 0.2) is 30.5 Å². The zero-order chi connectivity index (χ0) is 20.5. The summed E-state index contributed by atoms with van der Waals surface area (Å²) in [6.07, 6.45) is 2.06. The van der Waals surface area contributed by atoms with Gasteiger partial charge in [-0.05, 0) is 41.8 Å². The predicted molar refractivity (Wildman–Crippen MR) is 122 cm³/mol. The minimum Gasteiger partial charge on any atom is -0.379 e. The highest BCUT2D eigenvalue weighted by molar-refractivity contribution is 7.99. The Hall–Kier alpha value is -2.06. The van der Waals surface area contributed by atoms with Crippen LogP contribution in [-0.4, -0.2) is 65.2 Å². The van der Waals surface area contributed by atoms with Gasteiger partial charge in [0.1, 0.15) is 0 Å². The molecule has 0 atom stereocenters. The van der Waals surface area contributed by atoms with Gasteiger partial charge in [0.15, 0.2) is 0 Å². The Morgan fingerprint density at radius 3 is 2.73 bits per heavy atom. The van der Waals surface area contributed by atoms with Crippen molar-refractivity contribution in [1.29, 1.82) is 0 Å². The standard InChI is InChI=1S/C23H28N4O2S/c1-16(21-11-18(12-24-21)14-26-4-7-29-8-5-26)22-19-10-17(13-27-6-9-30-15-27)2-3-20(19)25-23(22)28/h2-3,10-12,24H,4-9,13-15H2,1H3,(H,25,28). The van der Waals surface area contributed by atoms with Crippen molar-refractivity contribution in [1.82, 2.24) is 14.8 Å². The fourth-order valence-electron chi connectivity index (χ4n) is 4.42. The summed E-state index contributed by atoms with van der Waals surface area (Å²) in [7, 11) is 0. The average molecular weight is 425 g/mol. The fraction of sp³-hybridized carbons (Fsp3) is 0.435. The number of aromatic amines is 1. The summed E-state index contributed by atoms with van der Waals surface area (Å²) in [5.41, 5.74) is 7.22. The highest BCUT2D eigenvalue weighted by atomic mass is 32.2. The molecule has 0 spiro atoms. The maximum atomic E-state index is 12.8. The highest BCUT2D eigenvalue weighted by Crippen LogP contribution is 2.37. The molecule has 7 heteroatoms. The Morgan fingerprint density at radius 2 is 1.93 bits per heavy atom. The number of carbonyl (C=O) groups excluding carboxylic acids is 1. The van der Waals surface area contributed by atoms with Crippen molar-refractivity contribution in [3.8, 4) is 0 Å². The molecule has 1 amide bonds. The second-order valence-electron chi connectivity index (χ2n) is 8.23. The van der Waals surface area contributed by atoms with E-state index >= 15 is 0 Å². The molecule has 158 valence electrons. The number of benzene rings is 1. The number of anilines is 1. The first-order chi connectivity index (χ1) is 14.7. The van der Waals surface area contributed by atoms with Crippen molar-refractivity contribution >= 4 is 34.5 Å². The van der Waals surface area contributed by atoms with Crippen LogP contribution in [-0.2, 0) is 22.6 Å². The smallest absolute Gasteiger partial charge is 0.256 e. The van der Waals surface area contributed by atoms with Crippen LogP contribution >= 0.6 is 11.8 Å². The number of ether oxygens (including phenoxy) is 1. The molecule has 3 aliphatic heterocycles. The van der Waals surface area contributed by atoms with Crippen molar-refractivity contribution < 1.29 is 9.53 Å². The van der Waals surface area contributed by atoms with Crippen LogP contribution in [0.2, 0.25) is 0 Å². The molecule has 1 aromatic heterocycles. The van der Waals surface area contributed by atoms with Crippen LogP contribution in [0.4, 0.5) is 5.69 Å². The minimum atomic E-state index is -0.0132. The van der Waals surface area contributed by atoms with E-state index in [9.17, 15) is 4.79 Å². The quantitative estimate of drug-likeness (QED) is 0.722. The summed E-state index contributed by atoms with van der Waals surface area (Å²) in [5, 5.41) is 3.04. The number of thioether (sulfide) groups is 1. The van der Waals surface area contributed by atoms with Gasteiger partial charge < -0.3 is 15.0 Å². The number of carbonyl (C=O) groups is 1. The Bertz CT molecular complexity index is 971. The number of aromatic nitrogens is 1. The summed E-state index contributed by atoms with van der Waals surface area (Å²) in [5.74, 6) is 2.28. The Labute approximate surface area is 181 Å². The van der Waals surface area contributed by atoms with Crippen molar-refractivity contribution in [2.24, 2.45) is 0 Å². The van der Waals surface area contributed by atoms with E-state index in [1.165, 1.54) is 16.9 Å². The molecule has 0 radical (unpaired) electrons. The lowest BCUT2D eigenvalue weighted by atomic mass is 9.98. The van der Waals surface area contributed by atoms with Crippen LogP contribution < -0.4 is 5.32 Å². The predicted octanol–water partition coefficient (Wildman–Crippen LogP) is 3.24. The lowest BCUT2D eigenvalue weighted by Crippen LogP contribution is -2.35. The number of allylic oxidation sites excluding steroid dienone is 1. The molecule has 0 unspecified atom stereocenters. The van der Waals surface area contributed by atoms with E-state index in [2.05, 4.69) is 44.5 Å². The lowest BCUT2D eigenvalue weighted by Gasteiger charge is -2.25. The minimum absolute atomic E-state index is 0.0132. The van der Waals surface area contributed by atoms with Crippen LogP contribution in [0.25, 0.3) is 11.1 Å². The molecule has 6 nitrogen and oxygen atoms in total. The first kappa shape index (κ1) is 19.9. The Kier molecular flexibility index (Phi) is 5.69. The summed E-state index contributed by atoms with van der Waals surface area (Å²) in [4.78, 5) is 21.1. The van der Waals surface area contributed by atoms with Gasteiger partial charge >= 0.3 is 0 Å². The molecule has 30 heavy (non-hydrogen) atoms. The first-order valence-corrected chi connectivity index (χ1v) is 11.8. The second-order valence-corrected chi connectivity index (χ2v) is 9.31. The van der Waals surface area contributed by atoms with Crippen molar-refractivity contribution in [2.75, 3.05) is 49.8 Å². The van der Waals surface area contributed by atoms with Gasteiger partial charge in [-0.1, -0.05) is 6.07 Å². The van der Waals surface area contributed by atoms with E-state index in [0.717, 1.165) is 79.9 Å². The van der Waals surface area contributed by atoms with Crippen LogP contribution in [0, 0.1) is 0 Å². The van der Waals surface area contributed by atoms with Crippen molar-refractivity contribution in [2.45, 2.75) is 20.0 Å². The zero-order valence-electron chi connectivity index (χ0n) is 17.4. The first-order valence-electron chi connectivity index (χ1n) is 10.6. The van der Waals surface area contributed by atoms with Gasteiger partial charge in [-0.2, -0.15) is 0 Å². The van der Waals surface area contributed by atoms with E-state index in [1.807, 2.05) is 24.8 Å². The number of H-pyrrole nitrogens is 1. The topological polar surface area (TPSA) is 60.6 Å². The van der Waals surface area contributed by atoms with E-state index in [-0.39, 0.29) is 5.91 Å². The molecule has 3 aliphatic rings. The van der Waals surface area contributed by atoms with Gasteiger partial charge in [-0.25, -0.2) is 0 Å². The maximum absolute atomic E-state index is 12.8. The number of rotatable bonds is 5. The van der Waals surface area contributed by atoms with E-state index in [4.69, 9.17) is 4.74 Å². The normalized spacial score (nSPS) is 21.7. The van der Waals surface area contributed by atoms with E-state index in [0.29, 0.717) is 0 Å². The summed E-state index contributed by atoms with van der Waals surface area (Å²) in [6, 6.07) is 8.54. The van der Waals surface area contributed by atoms with Crippen LogP contribution in [0.1, 0.15) is 29.3 Å². The van der Waals surface area contributed by atoms with Gasteiger partial charge in [0.05, 0.1) is 18.8 Å². The second kappa shape index (κ2) is 8.59. The average Bonchev–Trinajstić information content (AvgIpc) is 3.48. The summed E-state index contributed by atoms with van der Waals surface area (Å²) < 4.78 is 5.44. The molecule has 4 heterocycles. The van der Waals surface area contributed by atoms with Gasteiger partial charge in [0.2, 0.25) is 0 Å². The van der Waals surface area contributed by atoms with Crippen molar-refractivity contribution in [3.63, 3.8) is 0 Å². The molecule has 5 rings (SSSR count). The van der Waals surface area contributed by atoms with Gasteiger partial charge in [0, 0.05) is 67.5 Å². The van der Waals surface area contributed by atoms with E-state index < -0.39 is 0 Å². The Morgan fingerprint density at radius 1 is 1.10 bits per heavy atom. The number of amides is 1. The molecule has 2 N–H and O–H groups in total. The highest BCUT2D eigenvalue weighted by Gasteiger charge is 2.27. The number of nitrogens with one attached hydrogen (secondary N) is 2. The fourth-order valence-corrected chi connectivity index (χ4v) is 5.41. The molecule has 2 fully saturated rings. The monoisotopic (exact) mass is 424 g/mol. The third-order valence-corrected chi connectivity index (χ3v) is 7.11. The molecule has 0 saturated carbocycles. The number of nitrogens with zero attached hydrogens (tertiary/aromatic N) is 2. The molecule has 1 aromatic carbocycles. The third kappa shape index (κ3) is 4.07. The number of morpholine rings is 1. The molecule has 2 aromatic rings. The maximum Gasteiger partial charge on any atom is 0.256 e. The summed E-state index contributed by atoms with van der Waals surface area (Å²) >= 11 is 1.98. The third-order valence-electron chi connectivity index (χ3n) is 6.09. The lowest BCUT2D eigenvalue weighted by molar-refractivity contribution is -0.110. The van der Waals surface area contributed by atoms with Gasteiger partial charge in [0.25, 0.3) is 5.91 Å². The summed E-state index contributed by atoms with van der Waals surface area (Å²) in [6.45, 7) is 8.55. The number of hydrogen-bond donors (Lipinski definition) is 2. The van der Waals surface area contributed by atoms with E-state index in [1.54, 1.807) is 0 Å². The van der Waals surface area contributed by atoms with Crippen LogP contribution in [0.3, 0.4) is 0 Å². The molecule has 0 bridgehead atoms. The number of fused-ring (bicyclic) bond motifs is 1.